The maximum absolute atomic E-state index is 12.3. The van der Waals surface area contributed by atoms with Crippen LogP contribution in [0.4, 0.5) is 0 Å². The van der Waals surface area contributed by atoms with Crippen molar-refractivity contribution in [3.05, 3.63) is 70.6 Å². The van der Waals surface area contributed by atoms with E-state index in [4.69, 9.17) is 13.7 Å². The average molecular weight is 346 g/mol. The largest absolute Gasteiger partial charge is 0.478 e. The third-order valence-electron chi connectivity index (χ3n) is 3.17. The summed E-state index contributed by atoms with van der Waals surface area (Å²) >= 11 is 0. The second kappa shape index (κ2) is 5.82. The Kier molecular flexibility index (Phi) is 3.82. The lowest BCUT2D eigenvalue weighted by Crippen LogP contribution is -2.11. The van der Waals surface area contributed by atoms with E-state index in [1.807, 2.05) is 0 Å². The average Bonchev–Trinajstić information content (AvgIpc) is 2.54. The molecule has 0 aliphatic heterocycles. The molecule has 7 nitrogen and oxygen atoms in total. The summed E-state index contributed by atoms with van der Waals surface area (Å²) < 4.78 is 34.5. The molecule has 122 valence electrons. The number of benzene rings is 2. The van der Waals surface area contributed by atoms with E-state index in [1.54, 1.807) is 0 Å². The van der Waals surface area contributed by atoms with Crippen LogP contribution < -0.4 is 9.81 Å². The fraction of sp³-hybridized carbons (Fsp3) is 0. The molecule has 1 aromatic heterocycles. The molecule has 0 aliphatic carbocycles. The number of carboxylic acids is 1. The van der Waals surface area contributed by atoms with Gasteiger partial charge in [-0.1, -0.05) is 6.07 Å². The molecular weight excluding hydrogens is 336 g/mol. The number of hydrogen-bond acceptors (Lipinski definition) is 6. The molecular formula is C16H10O7S. The second-order valence-corrected chi connectivity index (χ2v) is 6.37. The lowest BCUT2D eigenvalue weighted by Gasteiger charge is -2.08. The summed E-state index contributed by atoms with van der Waals surface area (Å²) in [5, 5.41) is 9.54. The van der Waals surface area contributed by atoms with Gasteiger partial charge in [-0.25, -0.2) is 9.59 Å². The summed E-state index contributed by atoms with van der Waals surface area (Å²) in [6.07, 6.45) is 0. The van der Waals surface area contributed by atoms with Crippen LogP contribution >= 0.6 is 0 Å². The highest BCUT2D eigenvalue weighted by atomic mass is 32.2. The quantitative estimate of drug-likeness (QED) is 0.570. The van der Waals surface area contributed by atoms with Gasteiger partial charge in [0.1, 0.15) is 16.2 Å². The van der Waals surface area contributed by atoms with E-state index in [-0.39, 0.29) is 21.8 Å². The SMILES string of the molecule is O=C(O)c1cccc(S(=O)(=O)Oc2ccc3ccc(=O)oc3c2)c1. The van der Waals surface area contributed by atoms with Gasteiger partial charge in [0, 0.05) is 17.5 Å². The fourth-order valence-electron chi connectivity index (χ4n) is 2.05. The maximum atomic E-state index is 12.3. The molecule has 0 fully saturated rings. The van der Waals surface area contributed by atoms with Crippen LogP contribution in [-0.4, -0.2) is 19.5 Å². The minimum atomic E-state index is -4.23. The summed E-state index contributed by atoms with van der Waals surface area (Å²) in [5.41, 5.74) is -0.574. The van der Waals surface area contributed by atoms with Crippen molar-refractivity contribution in [1.82, 2.24) is 0 Å². The van der Waals surface area contributed by atoms with Gasteiger partial charge in [0.05, 0.1) is 5.56 Å². The van der Waals surface area contributed by atoms with Gasteiger partial charge in [-0.2, -0.15) is 8.42 Å². The van der Waals surface area contributed by atoms with E-state index in [0.717, 1.165) is 6.07 Å². The zero-order valence-electron chi connectivity index (χ0n) is 12.0. The van der Waals surface area contributed by atoms with E-state index in [2.05, 4.69) is 0 Å². The predicted molar refractivity (Wildman–Crippen MR) is 83.7 cm³/mol. The zero-order valence-corrected chi connectivity index (χ0v) is 12.8. The number of carbonyl (C=O) groups is 1. The molecule has 0 radical (unpaired) electrons. The molecule has 0 bridgehead atoms. The first-order valence-corrected chi connectivity index (χ1v) is 8.08. The van der Waals surface area contributed by atoms with E-state index < -0.39 is 21.7 Å². The molecule has 2 aromatic carbocycles. The van der Waals surface area contributed by atoms with Crippen molar-refractivity contribution < 1.29 is 26.9 Å². The van der Waals surface area contributed by atoms with Gasteiger partial charge in [0.25, 0.3) is 0 Å². The van der Waals surface area contributed by atoms with E-state index in [9.17, 15) is 18.0 Å². The minimum Gasteiger partial charge on any atom is -0.478 e. The Balaban J connectivity index is 1.98. The highest BCUT2D eigenvalue weighted by Gasteiger charge is 2.19. The molecule has 0 saturated carbocycles. The van der Waals surface area contributed by atoms with Crippen LogP contribution in [-0.2, 0) is 10.1 Å². The Morgan fingerprint density at radius 3 is 2.54 bits per heavy atom. The predicted octanol–water partition coefficient (Wildman–Crippen LogP) is 2.26. The molecule has 0 atom stereocenters. The monoisotopic (exact) mass is 346 g/mol. The number of carboxylic acid groups (broad SMARTS) is 1. The van der Waals surface area contributed by atoms with Crippen molar-refractivity contribution in [2.75, 3.05) is 0 Å². The summed E-state index contributed by atoms with van der Waals surface area (Å²) in [5.74, 6) is -1.31. The molecule has 0 unspecified atom stereocenters. The topological polar surface area (TPSA) is 111 Å². The molecule has 24 heavy (non-hydrogen) atoms. The van der Waals surface area contributed by atoms with Crippen LogP contribution in [0.1, 0.15) is 10.4 Å². The summed E-state index contributed by atoms with van der Waals surface area (Å²) in [7, 11) is -4.23. The van der Waals surface area contributed by atoms with Crippen molar-refractivity contribution in [2.45, 2.75) is 4.90 Å². The highest BCUT2D eigenvalue weighted by molar-refractivity contribution is 7.87. The standard InChI is InChI=1S/C16H10O7S/c17-15-7-5-10-4-6-12(9-14(10)22-15)23-24(20,21)13-3-1-2-11(8-13)16(18)19/h1-9H,(H,18,19). The van der Waals surface area contributed by atoms with Crippen molar-refractivity contribution in [1.29, 1.82) is 0 Å². The molecule has 0 aliphatic rings. The maximum Gasteiger partial charge on any atom is 0.339 e. The van der Waals surface area contributed by atoms with Crippen LogP contribution in [0.5, 0.6) is 5.75 Å². The number of hydrogen-bond donors (Lipinski definition) is 1. The Morgan fingerprint density at radius 1 is 1.04 bits per heavy atom. The normalized spacial score (nSPS) is 11.3. The molecule has 3 rings (SSSR count). The smallest absolute Gasteiger partial charge is 0.339 e. The summed E-state index contributed by atoms with van der Waals surface area (Å²) in [6.45, 7) is 0. The van der Waals surface area contributed by atoms with Crippen LogP contribution in [0.25, 0.3) is 11.0 Å². The van der Waals surface area contributed by atoms with Gasteiger partial charge in [0.2, 0.25) is 0 Å². The van der Waals surface area contributed by atoms with Crippen molar-refractivity contribution in [3.63, 3.8) is 0 Å². The Hall–Kier alpha value is -3.13. The highest BCUT2D eigenvalue weighted by Crippen LogP contribution is 2.23. The lowest BCUT2D eigenvalue weighted by molar-refractivity contribution is 0.0696. The Labute approximate surface area is 135 Å². The first kappa shape index (κ1) is 15.8. The van der Waals surface area contributed by atoms with Crippen LogP contribution in [0.2, 0.25) is 0 Å². The lowest BCUT2D eigenvalue weighted by atomic mass is 10.2. The first-order valence-electron chi connectivity index (χ1n) is 6.67. The Morgan fingerprint density at radius 2 is 1.79 bits per heavy atom. The van der Waals surface area contributed by atoms with E-state index in [0.29, 0.717) is 5.39 Å². The first-order chi connectivity index (χ1) is 11.3. The van der Waals surface area contributed by atoms with Crippen molar-refractivity contribution >= 4 is 27.1 Å². The van der Waals surface area contributed by atoms with Crippen LogP contribution in [0, 0.1) is 0 Å². The number of aromatic carboxylic acids is 1. The van der Waals surface area contributed by atoms with Gasteiger partial charge in [-0.15, -0.1) is 0 Å². The van der Waals surface area contributed by atoms with Gasteiger partial charge >= 0.3 is 21.7 Å². The van der Waals surface area contributed by atoms with Crippen LogP contribution in [0.3, 0.4) is 0 Å². The van der Waals surface area contributed by atoms with E-state index >= 15 is 0 Å². The fourth-order valence-corrected chi connectivity index (χ4v) is 3.02. The minimum absolute atomic E-state index is 0.0578. The molecule has 8 heteroatoms. The van der Waals surface area contributed by atoms with Gasteiger partial charge in [-0.05, 0) is 36.4 Å². The summed E-state index contributed by atoms with van der Waals surface area (Å²) in [4.78, 5) is 21.9. The van der Waals surface area contributed by atoms with Gasteiger partial charge in [-0.3, -0.25) is 0 Å². The second-order valence-electron chi connectivity index (χ2n) is 4.82. The zero-order chi connectivity index (χ0) is 17.3. The van der Waals surface area contributed by atoms with Crippen LogP contribution in [0.15, 0.2) is 68.7 Å². The van der Waals surface area contributed by atoms with Gasteiger partial charge in [0.15, 0.2) is 0 Å². The number of rotatable bonds is 4. The summed E-state index contributed by atoms with van der Waals surface area (Å²) in [6, 6.07) is 11.8. The van der Waals surface area contributed by atoms with Gasteiger partial charge < -0.3 is 13.7 Å². The Bertz CT molecular complexity index is 1100. The molecule has 0 spiro atoms. The molecule has 1 heterocycles. The third kappa shape index (κ3) is 3.13. The number of fused-ring (bicyclic) bond motifs is 1. The van der Waals surface area contributed by atoms with Crippen molar-refractivity contribution in [3.8, 4) is 5.75 Å². The third-order valence-corrected chi connectivity index (χ3v) is 4.41. The molecule has 3 aromatic rings. The molecule has 1 N–H and O–H groups in total. The molecule has 0 amide bonds. The molecule has 0 saturated heterocycles. The van der Waals surface area contributed by atoms with Crippen molar-refractivity contribution in [2.24, 2.45) is 0 Å². The van der Waals surface area contributed by atoms with E-state index in [1.165, 1.54) is 48.5 Å².